The molecule has 3 heterocycles. The van der Waals surface area contributed by atoms with Crippen LogP contribution in [0.15, 0.2) is 51.4 Å². The van der Waals surface area contributed by atoms with Gasteiger partial charge in [0.2, 0.25) is 0 Å². The maximum absolute atomic E-state index is 13.7. The summed E-state index contributed by atoms with van der Waals surface area (Å²) in [6, 6.07) is 14.1. The third-order valence-electron chi connectivity index (χ3n) is 8.67. The fraction of sp³-hybridized carbons (Fsp3) is 0.516. The zero-order chi connectivity index (χ0) is 29.8. The number of ether oxygens (including phenoxy) is 1. The van der Waals surface area contributed by atoms with Gasteiger partial charge >= 0.3 is 12.1 Å². The Kier molecular flexibility index (Phi) is 10.1. The number of benzene rings is 2. The molecule has 0 saturated carbocycles. The van der Waals surface area contributed by atoms with Crippen LogP contribution in [0.25, 0.3) is 0 Å². The molecule has 2 aromatic rings. The van der Waals surface area contributed by atoms with Crippen LogP contribution >= 0.6 is 31.9 Å². The lowest BCUT2D eigenvalue weighted by molar-refractivity contribution is -0.142. The number of nitrogens with one attached hydrogen (secondary N) is 1. The predicted molar refractivity (Wildman–Crippen MR) is 170 cm³/mol. The highest BCUT2D eigenvalue weighted by Crippen LogP contribution is 2.26. The Morgan fingerprint density at radius 2 is 1.60 bits per heavy atom. The highest BCUT2D eigenvalue weighted by molar-refractivity contribution is 9.11. The molecule has 0 aliphatic carbocycles. The van der Waals surface area contributed by atoms with Crippen molar-refractivity contribution >= 4 is 55.6 Å². The van der Waals surface area contributed by atoms with Crippen LogP contribution in [0.5, 0.6) is 0 Å². The highest BCUT2D eigenvalue weighted by atomic mass is 79.9. The first kappa shape index (κ1) is 30.8. The molecule has 42 heavy (non-hydrogen) atoms. The van der Waals surface area contributed by atoms with E-state index < -0.39 is 12.2 Å². The molecule has 5 rings (SSSR count). The average molecular weight is 705 g/mol. The number of likely N-dealkylation sites (tertiary alicyclic amines) is 2. The number of amides is 4. The van der Waals surface area contributed by atoms with Crippen LogP contribution < -0.4 is 5.32 Å². The molecule has 4 amide bonds. The Bertz CT molecular complexity index is 1270. The maximum Gasteiger partial charge on any atom is 0.410 e. The molecule has 1 atom stereocenters. The predicted octanol–water partition coefficient (Wildman–Crippen LogP) is 5.37. The number of hydrogen-bond donors (Lipinski definition) is 1. The molecular weight excluding hydrogens is 666 g/mol. The first-order valence-corrected chi connectivity index (χ1v) is 16.3. The van der Waals surface area contributed by atoms with Gasteiger partial charge in [-0.2, -0.15) is 0 Å². The van der Waals surface area contributed by atoms with Crippen molar-refractivity contribution in [2.45, 2.75) is 56.7 Å². The second-order valence-electron chi connectivity index (χ2n) is 11.6. The minimum Gasteiger partial charge on any atom is -0.436 e. The quantitative estimate of drug-likeness (QED) is 0.438. The van der Waals surface area contributed by atoms with E-state index in [1.165, 1.54) is 0 Å². The van der Waals surface area contributed by atoms with Crippen molar-refractivity contribution in [2.24, 2.45) is 0 Å². The maximum atomic E-state index is 13.7. The number of piperidine rings is 2. The highest BCUT2D eigenvalue weighted by Gasteiger charge is 2.35. The molecule has 3 aliphatic heterocycles. The van der Waals surface area contributed by atoms with Crippen molar-refractivity contribution in [3.63, 3.8) is 0 Å². The van der Waals surface area contributed by atoms with Crippen LogP contribution in [-0.4, -0.2) is 103 Å². The summed E-state index contributed by atoms with van der Waals surface area (Å²) >= 11 is 7.06. The molecule has 0 unspecified atom stereocenters. The fourth-order valence-corrected chi connectivity index (χ4v) is 7.61. The van der Waals surface area contributed by atoms with Gasteiger partial charge in [-0.05, 0) is 81.6 Å². The van der Waals surface area contributed by atoms with Crippen molar-refractivity contribution in [2.75, 3.05) is 52.1 Å². The summed E-state index contributed by atoms with van der Waals surface area (Å²) in [7, 11) is 4.14. The van der Waals surface area contributed by atoms with Crippen LogP contribution in [0.4, 0.5) is 15.3 Å². The van der Waals surface area contributed by atoms with Crippen LogP contribution in [0.2, 0.25) is 0 Å². The van der Waals surface area contributed by atoms with E-state index in [2.05, 4.69) is 56.2 Å². The lowest BCUT2D eigenvalue weighted by Crippen LogP contribution is -2.52. The summed E-state index contributed by atoms with van der Waals surface area (Å²) in [5.41, 5.74) is 2.90. The summed E-state index contributed by atoms with van der Waals surface area (Å²) in [6.45, 7) is 2.87. The number of fused-ring (bicyclic) bond motifs is 1. The molecule has 2 fully saturated rings. The lowest BCUT2D eigenvalue weighted by Gasteiger charge is -2.38. The number of nitrogens with zero attached hydrogens (tertiary/aromatic N) is 4. The number of para-hydroxylation sites is 1. The summed E-state index contributed by atoms with van der Waals surface area (Å²) in [4.78, 5) is 47.8. The van der Waals surface area contributed by atoms with E-state index in [1.54, 1.807) is 4.90 Å². The van der Waals surface area contributed by atoms with Gasteiger partial charge in [0.25, 0.3) is 5.91 Å². The van der Waals surface area contributed by atoms with Gasteiger partial charge in [-0.3, -0.25) is 4.79 Å². The lowest BCUT2D eigenvalue weighted by atomic mass is 10.0. The molecule has 0 aromatic heterocycles. The van der Waals surface area contributed by atoms with E-state index in [4.69, 9.17) is 4.74 Å². The number of urea groups is 1. The third kappa shape index (κ3) is 7.47. The number of rotatable bonds is 6. The van der Waals surface area contributed by atoms with Gasteiger partial charge in [0.1, 0.15) is 0 Å². The molecule has 3 aliphatic rings. The van der Waals surface area contributed by atoms with E-state index in [0.717, 1.165) is 45.0 Å². The Hall–Kier alpha value is -2.63. The number of carbonyl (C=O) groups is 3. The van der Waals surface area contributed by atoms with Crippen LogP contribution in [0, 0.1) is 0 Å². The monoisotopic (exact) mass is 703 g/mol. The summed E-state index contributed by atoms with van der Waals surface area (Å²) < 4.78 is 7.76. The van der Waals surface area contributed by atoms with Gasteiger partial charge in [-0.25, -0.2) is 9.59 Å². The first-order chi connectivity index (χ1) is 20.2. The molecule has 9 nitrogen and oxygen atoms in total. The van der Waals surface area contributed by atoms with Crippen molar-refractivity contribution < 1.29 is 19.1 Å². The number of halogens is 2. The van der Waals surface area contributed by atoms with E-state index in [1.807, 2.05) is 52.3 Å². The van der Waals surface area contributed by atoms with Gasteiger partial charge in [0.15, 0.2) is 6.10 Å². The summed E-state index contributed by atoms with van der Waals surface area (Å²) in [6.07, 6.45) is 2.80. The second kappa shape index (κ2) is 13.8. The third-order valence-corrected chi connectivity index (χ3v) is 9.59. The Balaban J connectivity index is 1.22. The number of carbonyl (C=O) groups excluding carboxylic acids is 3. The van der Waals surface area contributed by atoms with E-state index in [0.29, 0.717) is 58.0 Å². The Labute approximate surface area is 264 Å². The van der Waals surface area contributed by atoms with E-state index >= 15 is 0 Å². The van der Waals surface area contributed by atoms with Crippen LogP contribution in [-0.2, 0) is 22.4 Å². The normalized spacial score (nSPS) is 19.3. The van der Waals surface area contributed by atoms with Gasteiger partial charge in [-0.1, -0.05) is 50.1 Å². The standard InChI is InChI=1S/C31H39Br2N5O4/c1-35(2)25-8-12-36(13-9-25)29(39)28(19-21-17-23(32)20-24(33)18-21)42-31(41)37-14-10-26(11-15-37)38-16-7-22-5-3-4-6-27(22)34-30(38)40/h3-6,17-18,20,25-26,28H,7-16,19H2,1-2H3,(H,34,40)/t28-/m1/s1. The largest absolute Gasteiger partial charge is 0.436 e. The SMILES string of the molecule is CN(C)C1CCN(C(=O)[C@@H](Cc2cc(Br)cc(Br)c2)OC(=O)N2CCC(N3CCc4ccccc4NC3=O)CC2)CC1. The minimum absolute atomic E-state index is 0.0396. The van der Waals surface area contributed by atoms with Crippen LogP contribution in [0.1, 0.15) is 36.8 Å². The summed E-state index contributed by atoms with van der Waals surface area (Å²) in [5, 5.41) is 3.04. The van der Waals surface area contributed by atoms with Gasteiger partial charge in [0.05, 0.1) is 0 Å². The van der Waals surface area contributed by atoms with Crippen molar-refractivity contribution in [1.29, 1.82) is 0 Å². The molecule has 0 spiro atoms. The topological polar surface area (TPSA) is 85.4 Å². The van der Waals surface area contributed by atoms with Gasteiger partial charge in [0, 0.05) is 65.9 Å². The second-order valence-corrected chi connectivity index (χ2v) is 13.5. The zero-order valence-electron chi connectivity index (χ0n) is 24.2. The molecule has 2 aromatic carbocycles. The molecular formula is C31H39Br2N5O4. The zero-order valence-corrected chi connectivity index (χ0v) is 27.4. The Morgan fingerprint density at radius 3 is 2.26 bits per heavy atom. The van der Waals surface area contributed by atoms with E-state index in [-0.39, 0.29) is 18.0 Å². The van der Waals surface area contributed by atoms with Crippen molar-refractivity contribution in [3.8, 4) is 0 Å². The smallest absolute Gasteiger partial charge is 0.410 e. The van der Waals surface area contributed by atoms with Crippen LogP contribution in [0.3, 0.4) is 0 Å². The molecule has 0 bridgehead atoms. The van der Waals surface area contributed by atoms with Crippen molar-refractivity contribution in [1.82, 2.24) is 19.6 Å². The fourth-order valence-electron chi connectivity index (χ4n) is 6.22. The molecule has 226 valence electrons. The molecule has 0 radical (unpaired) electrons. The van der Waals surface area contributed by atoms with Gasteiger partial charge < -0.3 is 29.7 Å². The average Bonchev–Trinajstić information content (AvgIpc) is 3.14. The molecule has 1 N–H and O–H groups in total. The molecule has 11 heteroatoms. The first-order valence-electron chi connectivity index (χ1n) is 14.7. The molecule has 2 saturated heterocycles. The number of anilines is 1. The van der Waals surface area contributed by atoms with Gasteiger partial charge in [-0.15, -0.1) is 0 Å². The van der Waals surface area contributed by atoms with Crippen molar-refractivity contribution in [3.05, 3.63) is 62.5 Å². The summed E-state index contributed by atoms with van der Waals surface area (Å²) in [5.74, 6) is -0.146. The Morgan fingerprint density at radius 1 is 0.952 bits per heavy atom. The number of hydrogen-bond acceptors (Lipinski definition) is 5. The van der Waals surface area contributed by atoms with E-state index in [9.17, 15) is 14.4 Å². The minimum atomic E-state index is -0.915.